The summed E-state index contributed by atoms with van der Waals surface area (Å²) in [4.78, 5) is 15.2. The summed E-state index contributed by atoms with van der Waals surface area (Å²) < 4.78 is 12.8. The lowest BCUT2D eigenvalue weighted by Gasteiger charge is -2.05. The molecule has 1 aliphatic rings. The van der Waals surface area contributed by atoms with E-state index < -0.39 is 0 Å². The summed E-state index contributed by atoms with van der Waals surface area (Å²) in [6.07, 6.45) is 2.84. The third kappa shape index (κ3) is 1.78. The summed E-state index contributed by atoms with van der Waals surface area (Å²) in [7, 11) is 0. The molecule has 1 heterocycles. The van der Waals surface area contributed by atoms with Crippen LogP contribution in [-0.4, -0.2) is 4.98 Å². The molecule has 0 aliphatic heterocycles. The van der Waals surface area contributed by atoms with Crippen molar-refractivity contribution in [3.05, 3.63) is 57.6 Å². The molecular weight excluding hydrogens is 217 g/mol. The van der Waals surface area contributed by atoms with Gasteiger partial charge in [0.1, 0.15) is 5.82 Å². The summed E-state index contributed by atoms with van der Waals surface area (Å²) in [5, 5.41) is 0. The lowest BCUT2D eigenvalue weighted by atomic mass is 10.1. The van der Waals surface area contributed by atoms with E-state index in [4.69, 9.17) is 0 Å². The minimum atomic E-state index is -0.266. The van der Waals surface area contributed by atoms with Gasteiger partial charge in [-0.1, -0.05) is 0 Å². The van der Waals surface area contributed by atoms with Crippen molar-refractivity contribution in [2.75, 3.05) is 0 Å². The highest BCUT2D eigenvalue weighted by Crippen LogP contribution is 2.21. The van der Waals surface area contributed by atoms with Crippen molar-refractivity contribution in [1.82, 2.24) is 4.98 Å². The van der Waals surface area contributed by atoms with Crippen LogP contribution in [0, 0.1) is 5.82 Å². The number of halogens is 1. The Kier molecular flexibility index (Phi) is 2.32. The fraction of sp³-hybridized carbons (Fsp3) is 0.214. The molecule has 0 saturated heterocycles. The van der Waals surface area contributed by atoms with Gasteiger partial charge < -0.3 is 4.98 Å². The van der Waals surface area contributed by atoms with Gasteiger partial charge in [0.05, 0.1) is 0 Å². The van der Waals surface area contributed by atoms with Crippen LogP contribution in [0.1, 0.15) is 17.7 Å². The van der Waals surface area contributed by atoms with E-state index in [0.717, 1.165) is 41.8 Å². The van der Waals surface area contributed by atoms with Crippen LogP contribution in [0.2, 0.25) is 0 Å². The quantitative estimate of drug-likeness (QED) is 0.801. The van der Waals surface area contributed by atoms with Gasteiger partial charge in [-0.15, -0.1) is 0 Å². The van der Waals surface area contributed by atoms with Gasteiger partial charge in [-0.3, -0.25) is 4.79 Å². The zero-order chi connectivity index (χ0) is 11.8. The zero-order valence-corrected chi connectivity index (χ0v) is 9.29. The monoisotopic (exact) mass is 229 g/mol. The van der Waals surface area contributed by atoms with Gasteiger partial charge in [-0.05, 0) is 49.1 Å². The van der Waals surface area contributed by atoms with Gasteiger partial charge in [-0.2, -0.15) is 0 Å². The van der Waals surface area contributed by atoms with Crippen molar-refractivity contribution in [3.8, 4) is 11.3 Å². The Labute approximate surface area is 98.1 Å². The SMILES string of the molecule is O=c1cc(-c2ccc(F)cc2)[nH]c2c1CCC2. The Hall–Kier alpha value is -1.90. The highest BCUT2D eigenvalue weighted by Gasteiger charge is 2.15. The summed E-state index contributed by atoms with van der Waals surface area (Å²) in [5.74, 6) is -0.266. The average Bonchev–Trinajstić information content (AvgIpc) is 2.78. The smallest absolute Gasteiger partial charge is 0.185 e. The van der Waals surface area contributed by atoms with Gasteiger partial charge in [0, 0.05) is 23.0 Å². The number of hydrogen-bond acceptors (Lipinski definition) is 1. The molecule has 2 aromatic rings. The standard InChI is InChI=1S/C14H12FNO/c15-10-6-4-9(5-7-10)13-8-14(17)11-2-1-3-12(11)16-13/h4-8H,1-3H2,(H,16,17). The van der Waals surface area contributed by atoms with E-state index in [-0.39, 0.29) is 11.2 Å². The number of fused-ring (bicyclic) bond motifs is 1. The van der Waals surface area contributed by atoms with Crippen molar-refractivity contribution in [2.45, 2.75) is 19.3 Å². The molecule has 0 bridgehead atoms. The van der Waals surface area contributed by atoms with Crippen molar-refractivity contribution in [2.24, 2.45) is 0 Å². The largest absolute Gasteiger partial charge is 0.358 e. The van der Waals surface area contributed by atoms with Crippen molar-refractivity contribution in [1.29, 1.82) is 0 Å². The topological polar surface area (TPSA) is 32.9 Å². The number of nitrogens with one attached hydrogen (secondary N) is 1. The molecule has 0 amide bonds. The first kappa shape index (κ1) is 10.3. The average molecular weight is 229 g/mol. The number of pyridine rings is 1. The number of aromatic nitrogens is 1. The molecule has 0 spiro atoms. The van der Waals surface area contributed by atoms with Gasteiger partial charge in [0.15, 0.2) is 5.43 Å². The molecule has 1 aromatic carbocycles. The number of aromatic amines is 1. The molecule has 17 heavy (non-hydrogen) atoms. The van der Waals surface area contributed by atoms with Crippen LogP contribution in [0.5, 0.6) is 0 Å². The van der Waals surface area contributed by atoms with Crippen LogP contribution in [0.25, 0.3) is 11.3 Å². The Morgan fingerprint density at radius 3 is 2.65 bits per heavy atom. The molecule has 1 N–H and O–H groups in total. The third-order valence-electron chi connectivity index (χ3n) is 3.23. The minimum absolute atomic E-state index is 0.0931. The molecule has 0 fully saturated rings. The summed E-state index contributed by atoms with van der Waals surface area (Å²) in [5.41, 5.74) is 3.66. The van der Waals surface area contributed by atoms with Crippen LogP contribution < -0.4 is 5.43 Å². The zero-order valence-electron chi connectivity index (χ0n) is 9.29. The first-order valence-corrected chi connectivity index (χ1v) is 5.75. The third-order valence-corrected chi connectivity index (χ3v) is 3.23. The maximum Gasteiger partial charge on any atom is 0.185 e. The maximum absolute atomic E-state index is 12.8. The molecule has 1 aromatic heterocycles. The number of hydrogen-bond donors (Lipinski definition) is 1. The van der Waals surface area contributed by atoms with Crippen LogP contribution in [-0.2, 0) is 12.8 Å². The summed E-state index contributed by atoms with van der Waals surface area (Å²) >= 11 is 0. The summed E-state index contributed by atoms with van der Waals surface area (Å²) in [6.45, 7) is 0. The molecule has 3 heteroatoms. The Morgan fingerprint density at radius 1 is 1.12 bits per heavy atom. The predicted octanol–water partition coefficient (Wildman–Crippen LogP) is 2.67. The summed E-state index contributed by atoms with van der Waals surface area (Å²) in [6, 6.07) is 7.78. The number of benzene rings is 1. The normalized spacial score (nSPS) is 13.7. The first-order valence-electron chi connectivity index (χ1n) is 5.75. The maximum atomic E-state index is 12.8. The molecule has 86 valence electrons. The van der Waals surface area contributed by atoms with Gasteiger partial charge >= 0.3 is 0 Å². The number of H-pyrrole nitrogens is 1. The highest BCUT2D eigenvalue weighted by molar-refractivity contribution is 5.59. The first-order chi connectivity index (χ1) is 8.24. The molecule has 1 aliphatic carbocycles. The van der Waals surface area contributed by atoms with E-state index in [1.165, 1.54) is 12.1 Å². The molecule has 0 radical (unpaired) electrons. The van der Waals surface area contributed by atoms with Crippen LogP contribution in [0.15, 0.2) is 35.1 Å². The fourth-order valence-electron chi connectivity index (χ4n) is 2.36. The second-order valence-corrected chi connectivity index (χ2v) is 4.36. The van der Waals surface area contributed by atoms with Crippen LogP contribution in [0.4, 0.5) is 4.39 Å². The highest BCUT2D eigenvalue weighted by atomic mass is 19.1. The lowest BCUT2D eigenvalue weighted by molar-refractivity contribution is 0.628. The molecule has 0 unspecified atom stereocenters. The van der Waals surface area contributed by atoms with Gasteiger partial charge in [0.25, 0.3) is 0 Å². The second kappa shape index (κ2) is 3.84. The number of rotatable bonds is 1. The van der Waals surface area contributed by atoms with Crippen LogP contribution >= 0.6 is 0 Å². The van der Waals surface area contributed by atoms with E-state index in [1.54, 1.807) is 18.2 Å². The lowest BCUT2D eigenvalue weighted by Crippen LogP contribution is -2.09. The second-order valence-electron chi connectivity index (χ2n) is 4.36. The van der Waals surface area contributed by atoms with Crippen molar-refractivity contribution in [3.63, 3.8) is 0 Å². The van der Waals surface area contributed by atoms with E-state index in [0.29, 0.717) is 0 Å². The molecule has 0 saturated carbocycles. The molecule has 2 nitrogen and oxygen atoms in total. The van der Waals surface area contributed by atoms with E-state index >= 15 is 0 Å². The van der Waals surface area contributed by atoms with Crippen molar-refractivity contribution >= 4 is 0 Å². The Balaban J connectivity index is 2.13. The Morgan fingerprint density at radius 2 is 1.88 bits per heavy atom. The number of aryl methyl sites for hydroxylation is 1. The molecule has 0 atom stereocenters. The fourth-order valence-corrected chi connectivity index (χ4v) is 2.36. The van der Waals surface area contributed by atoms with E-state index in [1.807, 2.05) is 0 Å². The minimum Gasteiger partial charge on any atom is -0.358 e. The van der Waals surface area contributed by atoms with Crippen LogP contribution in [0.3, 0.4) is 0 Å². The Bertz CT molecular complexity index is 613. The van der Waals surface area contributed by atoms with Gasteiger partial charge in [0.2, 0.25) is 0 Å². The van der Waals surface area contributed by atoms with Gasteiger partial charge in [-0.25, -0.2) is 4.39 Å². The molecule has 3 rings (SSSR count). The predicted molar refractivity (Wildman–Crippen MR) is 64.5 cm³/mol. The van der Waals surface area contributed by atoms with Crippen molar-refractivity contribution < 1.29 is 4.39 Å². The van der Waals surface area contributed by atoms with E-state index in [2.05, 4.69) is 4.98 Å². The van der Waals surface area contributed by atoms with E-state index in [9.17, 15) is 9.18 Å². The molecular formula is C14H12FNO.